The molecule has 0 saturated carbocycles. The summed E-state index contributed by atoms with van der Waals surface area (Å²) in [5.74, 6) is 0.949. The Morgan fingerprint density at radius 3 is 2.42 bits per heavy atom. The molecule has 1 amide bonds. The number of hydrogen-bond donors (Lipinski definition) is 2. The lowest BCUT2D eigenvalue weighted by molar-refractivity contribution is 0.0977. The van der Waals surface area contributed by atoms with Crippen LogP contribution in [-0.2, 0) is 6.42 Å². The molecule has 0 aliphatic heterocycles. The van der Waals surface area contributed by atoms with Crippen LogP contribution < -0.4 is 15.4 Å². The topological polar surface area (TPSA) is 50.4 Å². The SMILES string of the molecule is CC(C)c1ccc(C(=O)NC(=S)Nc2cccc(OCCCc3ccccc3)c2)cc1. The molecule has 0 aromatic heterocycles. The van der Waals surface area contributed by atoms with Crippen LogP contribution in [0.4, 0.5) is 5.69 Å². The highest BCUT2D eigenvalue weighted by Gasteiger charge is 2.09. The summed E-state index contributed by atoms with van der Waals surface area (Å²) in [6.07, 6.45) is 1.92. The van der Waals surface area contributed by atoms with Crippen LogP contribution in [0.5, 0.6) is 5.75 Å². The highest BCUT2D eigenvalue weighted by molar-refractivity contribution is 7.80. The summed E-state index contributed by atoms with van der Waals surface area (Å²) in [6, 6.07) is 25.5. The highest BCUT2D eigenvalue weighted by Crippen LogP contribution is 2.18. The maximum atomic E-state index is 12.4. The van der Waals surface area contributed by atoms with E-state index in [4.69, 9.17) is 17.0 Å². The maximum absolute atomic E-state index is 12.4. The van der Waals surface area contributed by atoms with Gasteiger partial charge in [0.05, 0.1) is 6.61 Å². The van der Waals surface area contributed by atoms with Crippen molar-refractivity contribution >= 4 is 28.9 Å². The second-order valence-corrected chi connectivity index (χ2v) is 8.06. The average molecular weight is 433 g/mol. The molecule has 0 unspecified atom stereocenters. The van der Waals surface area contributed by atoms with Crippen molar-refractivity contribution in [1.82, 2.24) is 5.32 Å². The van der Waals surface area contributed by atoms with Gasteiger partial charge in [-0.15, -0.1) is 0 Å². The third-order valence-corrected chi connectivity index (χ3v) is 5.08. The number of hydrogen-bond acceptors (Lipinski definition) is 3. The number of thiocarbonyl (C=S) groups is 1. The number of rotatable bonds is 8. The number of anilines is 1. The zero-order chi connectivity index (χ0) is 22.1. The molecule has 0 spiro atoms. The molecule has 3 aromatic carbocycles. The summed E-state index contributed by atoms with van der Waals surface area (Å²) in [5.41, 5.74) is 3.84. The first-order valence-electron chi connectivity index (χ1n) is 10.5. The van der Waals surface area contributed by atoms with E-state index in [0.717, 1.165) is 24.3 Å². The lowest BCUT2D eigenvalue weighted by Gasteiger charge is -2.12. The van der Waals surface area contributed by atoms with Gasteiger partial charge in [-0.1, -0.05) is 62.4 Å². The molecule has 160 valence electrons. The lowest BCUT2D eigenvalue weighted by Crippen LogP contribution is -2.34. The van der Waals surface area contributed by atoms with Crippen LogP contribution in [0, 0.1) is 0 Å². The quantitative estimate of drug-likeness (QED) is 0.341. The number of benzene rings is 3. The van der Waals surface area contributed by atoms with Crippen LogP contribution in [0.2, 0.25) is 0 Å². The van der Waals surface area contributed by atoms with E-state index in [2.05, 4.69) is 36.6 Å². The molecule has 0 atom stereocenters. The van der Waals surface area contributed by atoms with Crippen LogP contribution in [0.3, 0.4) is 0 Å². The monoisotopic (exact) mass is 432 g/mol. The first-order chi connectivity index (χ1) is 15.0. The third kappa shape index (κ3) is 7.23. The van der Waals surface area contributed by atoms with Crippen molar-refractivity contribution in [1.29, 1.82) is 0 Å². The first kappa shape index (κ1) is 22.5. The predicted molar refractivity (Wildman–Crippen MR) is 131 cm³/mol. The van der Waals surface area contributed by atoms with Gasteiger partial charge in [0, 0.05) is 17.3 Å². The van der Waals surface area contributed by atoms with E-state index in [1.165, 1.54) is 11.1 Å². The second-order valence-electron chi connectivity index (χ2n) is 7.65. The molecular formula is C26H28N2O2S. The first-order valence-corrected chi connectivity index (χ1v) is 10.9. The van der Waals surface area contributed by atoms with Crippen molar-refractivity contribution in [3.05, 3.63) is 95.6 Å². The average Bonchev–Trinajstić information content (AvgIpc) is 2.77. The Hall–Kier alpha value is -3.18. The minimum atomic E-state index is -0.235. The fourth-order valence-corrected chi connectivity index (χ4v) is 3.34. The molecule has 0 saturated heterocycles. The third-order valence-electron chi connectivity index (χ3n) is 4.88. The van der Waals surface area contributed by atoms with E-state index in [1.807, 2.05) is 66.7 Å². The predicted octanol–water partition coefficient (Wildman–Crippen LogP) is 5.95. The van der Waals surface area contributed by atoms with E-state index in [-0.39, 0.29) is 11.0 Å². The standard InChI is InChI=1S/C26H28N2O2S/c1-19(2)21-13-15-22(16-14-21)25(29)28-26(31)27-23-11-6-12-24(18-23)30-17-7-10-20-8-4-3-5-9-20/h3-6,8-9,11-16,18-19H,7,10,17H2,1-2H3,(H2,27,28,29,31). The van der Waals surface area contributed by atoms with Crippen LogP contribution in [0.25, 0.3) is 0 Å². The van der Waals surface area contributed by atoms with Crippen LogP contribution in [-0.4, -0.2) is 17.6 Å². The summed E-state index contributed by atoms with van der Waals surface area (Å²) in [5, 5.41) is 6.02. The fourth-order valence-electron chi connectivity index (χ4n) is 3.13. The van der Waals surface area contributed by atoms with Crippen molar-refractivity contribution in [3.63, 3.8) is 0 Å². The molecule has 0 bridgehead atoms. The zero-order valence-electron chi connectivity index (χ0n) is 17.9. The summed E-state index contributed by atoms with van der Waals surface area (Å²) < 4.78 is 5.86. The normalized spacial score (nSPS) is 10.5. The largest absolute Gasteiger partial charge is 0.494 e. The Morgan fingerprint density at radius 2 is 1.71 bits per heavy atom. The van der Waals surface area contributed by atoms with Gasteiger partial charge in [-0.2, -0.15) is 0 Å². The number of ether oxygens (including phenoxy) is 1. The van der Waals surface area contributed by atoms with Gasteiger partial charge in [0.25, 0.3) is 5.91 Å². The number of nitrogens with one attached hydrogen (secondary N) is 2. The lowest BCUT2D eigenvalue weighted by atomic mass is 10.0. The van der Waals surface area contributed by atoms with Gasteiger partial charge in [0.2, 0.25) is 0 Å². The Bertz CT molecular complexity index is 1000. The van der Waals surface area contributed by atoms with E-state index < -0.39 is 0 Å². The van der Waals surface area contributed by atoms with Gasteiger partial charge in [0.15, 0.2) is 5.11 Å². The molecule has 2 N–H and O–H groups in total. The smallest absolute Gasteiger partial charge is 0.257 e. The molecule has 0 aliphatic rings. The summed E-state index contributed by atoms with van der Waals surface area (Å²) in [4.78, 5) is 12.4. The van der Waals surface area contributed by atoms with Crippen molar-refractivity contribution in [3.8, 4) is 5.75 Å². The van der Waals surface area contributed by atoms with Gasteiger partial charge in [-0.25, -0.2) is 0 Å². The Labute approximate surface area is 189 Å². The Balaban J connectivity index is 1.47. The van der Waals surface area contributed by atoms with Crippen LogP contribution >= 0.6 is 12.2 Å². The molecule has 3 rings (SSSR count). The summed E-state index contributed by atoms with van der Waals surface area (Å²) in [7, 11) is 0. The molecule has 0 radical (unpaired) electrons. The molecule has 5 heteroatoms. The molecule has 3 aromatic rings. The Kier molecular flexibility index (Phi) is 8.19. The number of carbonyl (C=O) groups is 1. The maximum Gasteiger partial charge on any atom is 0.257 e. The van der Waals surface area contributed by atoms with Gasteiger partial charge in [-0.3, -0.25) is 10.1 Å². The van der Waals surface area contributed by atoms with Crippen molar-refractivity contribution in [2.45, 2.75) is 32.6 Å². The van der Waals surface area contributed by atoms with Crippen LogP contribution in [0.1, 0.15) is 47.7 Å². The highest BCUT2D eigenvalue weighted by atomic mass is 32.1. The zero-order valence-corrected chi connectivity index (χ0v) is 18.7. The van der Waals surface area contributed by atoms with Gasteiger partial charge in [0.1, 0.15) is 5.75 Å². The summed E-state index contributed by atoms with van der Waals surface area (Å²) >= 11 is 5.30. The molecule has 0 fully saturated rings. The summed E-state index contributed by atoms with van der Waals surface area (Å²) in [6.45, 7) is 4.87. The molecule has 31 heavy (non-hydrogen) atoms. The van der Waals surface area contributed by atoms with Crippen molar-refractivity contribution in [2.24, 2.45) is 0 Å². The molecule has 4 nitrogen and oxygen atoms in total. The van der Waals surface area contributed by atoms with E-state index in [1.54, 1.807) is 0 Å². The minimum absolute atomic E-state index is 0.235. The van der Waals surface area contributed by atoms with E-state index >= 15 is 0 Å². The fraction of sp³-hybridized carbons (Fsp3) is 0.231. The van der Waals surface area contributed by atoms with E-state index in [0.29, 0.717) is 18.1 Å². The number of carbonyl (C=O) groups excluding carboxylic acids is 1. The Morgan fingerprint density at radius 1 is 0.968 bits per heavy atom. The van der Waals surface area contributed by atoms with Gasteiger partial charge < -0.3 is 10.1 Å². The minimum Gasteiger partial charge on any atom is -0.494 e. The number of aryl methyl sites for hydroxylation is 1. The molecule has 0 heterocycles. The second kappa shape index (κ2) is 11.3. The van der Waals surface area contributed by atoms with Gasteiger partial charge in [-0.05, 0) is 66.4 Å². The molecular weight excluding hydrogens is 404 g/mol. The van der Waals surface area contributed by atoms with Crippen LogP contribution in [0.15, 0.2) is 78.9 Å². The number of amides is 1. The molecule has 0 aliphatic carbocycles. The van der Waals surface area contributed by atoms with Crippen molar-refractivity contribution < 1.29 is 9.53 Å². The van der Waals surface area contributed by atoms with E-state index in [9.17, 15) is 4.79 Å². The van der Waals surface area contributed by atoms with Gasteiger partial charge >= 0.3 is 0 Å². The van der Waals surface area contributed by atoms with Crippen molar-refractivity contribution in [2.75, 3.05) is 11.9 Å².